The predicted octanol–water partition coefficient (Wildman–Crippen LogP) is -1.81. The molecule has 1 atom stereocenters. The molecule has 0 radical (unpaired) electrons. The van der Waals surface area contributed by atoms with Crippen molar-refractivity contribution in [1.82, 2.24) is 5.32 Å². The van der Waals surface area contributed by atoms with Gasteiger partial charge in [0.1, 0.15) is 5.75 Å². The number of amides is 1. The number of phenols is 1. The van der Waals surface area contributed by atoms with Crippen LogP contribution >= 0.6 is 0 Å². The number of aliphatic carboxylic acids is 1. The van der Waals surface area contributed by atoms with E-state index in [0.717, 1.165) is 0 Å². The van der Waals surface area contributed by atoms with Gasteiger partial charge >= 0.3 is 51.4 Å². The smallest absolute Gasteiger partial charge is 0.548 e. The largest absolute Gasteiger partial charge is 1.00 e. The molecule has 2 rings (SSSR count). The maximum atomic E-state index is 12.0. The van der Waals surface area contributed by atoms with Gasteiger partial charge in [-0.3, -0.25) is 4.79 Å². The Kier molecular flexibility index (Phi) is 9.21. The van der Waals surface area contributed by atoms with Crippen molar-refractivity contribution in [2.45, 2.75) is 13.0 Å². The molecule has 0 aliphatic rings. The van der Waals surface area contributed by atoms with Crippen LogP contribution in [0.5, 0.6) is 5.75 Å². The second-order valence-corrected chi connectivity index (χ2v) is 5.49. The van der Waals surface area contributed by atoms with E-state index >= 15 is 0 Å². The Labute approximate surface area is 199 Å². The number of allylic oxidation sites excluding steroid dienone is 1. The Hall–Kier alpha value is -2.15. The number of rotatable bonds is 6. The summed E-state index contributed by atoms with van der Waals surface area (Å²) >= 11 is 0. The number of aromatic hydroxyl groups is 1. The molecule has 7 nitrogen and oxygen atoms in total. The van der Waals surface area contributed by atoms with E-state index in [4.69, 9.17) is 5.26 Å². The van der Waals surface area contributed by atoms with Gasteiger partial charge in [-0.1, -0.05) is 12.1 Å². The van der Waals surface area contributed by atoms with Gasteiger partial charge in [-0.2, -0.15) is 5.26 Å². The first-order valence-corrected chi connectivity index (χ1v) is 7.65. The number of nitrogens with zero attached hydrogens (tertiary/aromatic N) is 1. The Balaban J connectivity index is 0.00000364. The summed E-state index contributed by atoms with van der Waals surface area (Å²) in [4.78, 5) is 23.4. The minimum atomic E-state index is -1.36. The molecule has 0 aromatic heterocycles. The molecule has 0 aliphatic carbocycles. The van der Waals surface area contributed by atoms with Crippen LogP contribution in [0.15, 0.2) is 60.3 Å². The Morgan fingerprint density at radius 1 is 1.15 bits per heavy atom. The first-order chi connectivity index (χ1) is 12.4. The molecule has 3 N–H and O–H groups in total. The number of benzene rings is 2. The molecule has 8 heteroatoms. The van der Waals surface area contributed by atoms with Crippen LogP contribution in [0.3, 0.4) is 0 Å². The summed E-state index contributed by atoms with van der Waals surface area (Å²) in [7, 11) is 0. The fourth-order valence-electron chi connectivity index (χ4n) is 2.22. The Bertz CT molecular complexity index is 871. The molecule has 0 fully saturated rings. The molecular weight excluding hydrogens is 373 g/mol. The SMILES string of the molecule is CC(=CC(=O)Nc1ccc(C#N)cc1)NC(C(=O)[O-])c1ccc(O)cc1.[K+]. The van der Waals surface area contributed by atoms with E-state index in [1.165, 1.54) is 30.3 Å². The molecule has 2 aromatic rings. The topological polar surface area (TPSA) is 125 Å². The third-order valence-corrected chi connectivity index (χ3v) is 3.46. The summed E-state index contributed by atoms with van der Waals surface area (Å²) in [5.74, 6) is -1.81. The van der Waals surface area contributed by atoms with Crippen LogP contribution in [-0.2, 0) is 9.59 Å². The van der Waals surface area contributed by atoms with E-state index < -0.39 is 17.9 Å². The van der Waals surface area contributed by atoms with E-state index in [0.29, 0.717) is 22.5 Å². The number of nitriles is 1. The van der Waals surface area contributed by atoms with Gasteiger partial charge in [0, 0.05) is 17.5 Å². The summed E-state index contributed by atoms with van der Waals surface area (Å²) in [6, 6.07) is 12.8. The van der Waals surface area contributed by atoms with Gasteiger partial charge in [0.2, 0.25) is 5.91 Å². The fraction of sp³-hybridized carbons (Fsp3) is 0.105. The predicted molar refractivity (Wildman–Crippen MR) is 92.5 cm³/mol. The van der Waals surface area contributed by atoms with Crippen LogP contribution in [0.1, 0.15) is 24.1 Å². The van der Waals surface area contributed by atoms with Crippen molar-refractivity contribution < 1.29 is 71.2 Å². The monoisotopic (exact) mass is 389 g/mol. The van der Waals surface area contributed by atoms with Crippen LogP contribution in [0.2, 0.25) is 0 Å². The van der Waals surface area contributed by atoms with Crippen molar-refractivity contribution in [3.05, 3.63) is 71.4 Å². The first kappa shape index (κ1) is 22.9. The summed E-state index contributed by atoms with van der Waals surface area (Å²) < 4.78 is 0. The number of hydrogen-bond acceptors (Lipinski definition) is 6. The molecule has 0 saturated carbocycles. The number of carboxylic acids is 1. The molecule has 2 aromatic carbocycles. The normalized spacial score (nSPS) is 11.5. The van der Waals surface area contributed by atoms with Gasteiger partial charge in [0.25, 0.3) is 0 Å². The number of phenolic OH excluding ortho intramolecular Hbond substituents is 1. The molecule has 0 bridgehead atoms. The van der Waals surface area contributed by atoms with Gasteiger partial charge < -0.3 is 25.6 Å². The number of carbonyl (C=O) groups excluding carboxylic acids is 2. The van der Waals surface area contributed by atoms with Crippen molar-refractivity contribution in [3.8, 4) is 11.8 Å². The summed E-state index contributed by atoms with van der Waals surface area (Å²) in [6.07, 6.45) is 1.22. The van der Waals surface area contributed by atoms with Crippen LogP contribution in [0.4, 0.5) is 5.69 Å². The molecule has 1 amide bonds. The molecule has 27 heavy (non-hydrogen) atoms. The number of carboxylic acid groups (broad SMARTS) is 1. The molecule has 0 aliphatic heterocycles. The van der Waals surface area contributed by atoms with E-state index in [1.807, 2.05) is 6.07 Å². The van der Waals surface area contributed by atoms with E-state index in [2.05, 4.69) is 10.6 Å². The number of nitrogens with one attached hydrogen (secondary N) is 2. The van der Waals surface area contributed by atoms with E-state index in [9.17, 15) is 19.8 Å². The van der Waals surface area contributed by atoms with Crippen LogP contribution < -0.4 is 67.1 Å². The average Bonchev–Trinajstić information content (AvgIpc) is 2.61. The molecule has 1 unspecified atom stereocenters. The zero-order valence-electron chi connectivity index (χ0n) is 14.9. The third kappa shape index (κ3) is 7.17. The van der Waals surface area contributed by atoms with Crippen molar-refractivity contribution in [2.24, 2.45) is 0 Å². The van der Waals surface area contributed by atoms with Gasteiger partial charge in [-0.15, -0.1) is 0 Å². The van der Waals surface area contributed by atoms with Crippen molar-refractivity contribution in [3.63, 3.8) is 0 Å². The summed E-state index contributed by atoms with van der Waals surface area (Å²) in [6.45, 7) is 1.55. The maximum absolute atomic E-state index is 12.0. The molecule has 132 valence electrons. The quantitative estimate of drug-likeness (QED) is 0.395. The van der Waals surface area contributed by atoms with Crippen molar-refractivity contribution >= 4 is 17.6 Å². The van der Waals surface area contributed by atoms with Crippen LogP contribution in [-0.4, -0.2) is 17.0 Å². The van der Waals surface area contributed by atoms with Gasteiger partial charge in [0.15, 0.2) is 0 Å². The zero-order chi connectivity index (χ0) is 19.1. The van der Waals surface area contributed by atoms with Gasteiger partial charge in [0.05, 0.1) is 23.6 Å². The van der Waals surface area contributed by atoms with Crippen molar-refractivity contribution in [2.75, 3.05) is 5.32 Å². The van der Waals surface area contributed by atoms with Crippen molar-refractivity contribution in [1.29, 1.82) is 5.26 Å². The van der Waals surface area contributed by atoms with E-state index in [1.54, 1.807) is 31.2 Å². The minimum Gasteiger partial charge on any atom is -0.548 e. The number of carbonyl (C=O) groups is 2. The molecule has 0 heterocycles. The maximum Gasteiger partial charge on any atom is 1.00 e. The van der Waals surface area contributed by atoms with Gasteiger partial charge in [-0.25, -0.2) is 0 Å². The first-order valence-electron chi connectivity index (χ1n) is 7.65. The third-order valence-electron chi connectivity index (χ3n) is 3.46. The fourth-order valence-corrected chi connectivity index (χ4v) is 2.22. The standard InChI is InChI=1S/C19H17N3O4.K/c1-12(10-17(24)22-15-6-2-13(11-20)3-7-15)21-18(19(25)26)14-4-8-16(23)9-5-14;/h2-10,18,21,23H,1H3,(H,22,24)(H,25,26);/q;+1/p-1. The number of hydrogen-bond donors (Lipinski definition) is 3. The minimum absolute atomic E-state index is 0. The summed E-state index contributed by atoms with van der Waals surface area (Å²) in [5, 5.41) is 34.7. The Morgan fingerprint density at radius 2 is 1.74 bits per heavy atom. The van der Waals surface area contributed by atoms with E-state index in [-0.39, 0.29) is 57.1 Å². The second kappa shape index (κ2) is 10.9. The Morgan fingerprint density at radius 3 is 2.26 bits per heavy atom. The summed E-state index contributed by atoms with van der Waals surface area (Å²) in [5.41, 5.74) is 1.68. The molecular formula is C19H16KN3O4. The van der Waals surface area contributed by atoms with Crippen LogP contribution in [0, 0.1) is 11.3 Å². The zero-order valence-corrected chi connectivity index (χ0v) is 18.0. The van der Waals surface area contributed by atoms with Gasteiger partial charge in [-0.05, 0) is 48.9 Å². The molecule has 0 saturated heterocycles. The molecule has 0 spiro atoms. The second-order valence-electron chi connectivity index (χ2n) is 5.49. The number of anilines is 1. The average molecular weight is 389 g/mol. The van der Waals surface area contributed by atoms with Crippen LogP contribution in [0.25, 0.3) is 0 Å².